The van der Waals surface area contributed by atoms with E-state index in [0.29, 0.717) is 0 Å². The molecule has 108 valence electrons. The fraction of sp³-hybridized carbons (Fsp3) is 0.786. The first kappa shape index (κ1) is 11.7. The van der Waals surface area contributed by atoms with Crippen molar-refractivity contribution < 1.29 is 28.5 Å². The maximum Gasteiger partial charge on any atom is 0.307 e. The van der Waals surface area contributed by atoms with Gasteiger partial charge in [-0.2, -0.15) is 0 Å². The maximum absolute atomic E-state index is 11.1. The van der Waals surface area contributed by atoms with E-state index >= 15 is 0 Å². The van der Waals surface area contributed by atoms with E-state index in [1.165, 1.54) is 6.92 Å². The average Bonchev–Trinajstić information content (AvgIpc) is 2.91. The topological polar surface area (TPSA) is 63.2 Å². The highest BCUT2D eigenvalue weighted by Crippen LogP contribution is 2.73. The minimum absolute atomic E-state index is 0.0938. The molecule has 6 nitrogen and oxygen atoms in total. The second-order valence-corrected chi connectivity index (χ2v) is 6.57. The van der Waals surface area contributed by atoms with Gasteiger partial charge in [-0.05, 0) is 19.4 Å². The largest absolute Gasteiger partial charge is 0.435 e. The van der Waals surface area contributed by atoms with Crippen molar-refractivity contribution in [3.8, 4) is 0 Å². The Hall–Kier alpha value is -0.950. The number of carbonyl (C=O) groups is 1. The minimum atomic E-state index is -0.676. The summed E-state index contributed by atoms with van der Waals surface area (Å²) in [5.74, 6) is -1.10. The van der Waals surface area contributed by atoms with Crippen LogP contribution in [-0.2, 0) is 28.5 Å². The van der Waals surface area contributed by atoms with Crippen LogP contribution in [0.15, 0.2) is 11.8 Å². The number of rotatable bonds is 1. The van der Waals surface area contributed by atoms with E-state index in [2.05, 4.69) is 0 Å². The molecule has 2 bridgehead atoms. The Morgan fingerprint density at radius 1 is 1.15 bits per heavy atom. The molecule has 1 saturated carbocycles. The van der Waals surface area contributed by atoms with Crippen molar-refractivity contribution in [3.05, 3.63) is 11.8 Å². The van der Waals surface area contributed by atoms with Gasteiger partial charge in [0.2, 0.25) is 0 Å². The Labute approximate surface area is 115 Å². The van der Waals surface area contributed by atoms with E-state index in [4.69, 9.17) is 23.7 Å². The van der Waals surface area contributed by atoms with Crippen LogP contribution < -0.4 is 0 Å². The number of carbonyl (C=O) groups excluding carboxylic acids is 1. The lowest BCUT2D eigenvalue weighted by molar-refractivity contribution is -0.400. The van der Waals surface area contributed by atoms with Crippen LogP contribution in [0.1, 0.15) is 20.8 Å². The molecular formula is C14H16O6. The molecule has 0 unspecified atom stereocenters. The van der Waals surface area contributed by atoms with Crippen LogP contribution in [0.2, 0.25) is 0 Å². The number of hydrogen-bond acceptors (Lipinski definition) is 6. The molecule has 5 aliphatic rings. The van der Waals surface area contributed by atoms with Gasteiger partial charge in [0, 0.05) is 30.6 Å². The van der Waals surface area contributed by atoms with Crippen molar-refractivity contribution >= 4 is 5.97 Å². The zero-order valence-corrected chi connectivity index (χ0v) is 11.5. The van der Waals surface area contributed by atoms with E-state index in [1.807, 2.05) is 13.8 Å². The van der Waals surface area contributed by atoms with Gasteiger partial charge in [-0.25, -0.2) is 0 Å². The fourth-order valence-corrected chi connectivity index (χ4v) is 5.06. The Balaban J connectivity index is 1.66. The lowest BCUT2D eigenvalue weighted by Gasteiger charge is -2.36. The van der Waals surface area contributed by atoms with E-state index in [-0.39, 0.29) is 42.2 Å². The Kier molecular flexibility index (Phi) is 1.82. The third-order valence-corrected chi connectivity index (χ3v) is 5.46. The third kappa shape index (κ3) is 1.07. The number of esters is 1. The molecule has 4 saturated heterocycles. The van der Waals surface area contributed by atoms with Crippen molar-refractivity contribution in [2.45, 2.75) is 44.9 Å². The van der Waals surface area contributed by atoms with Gasteiger partial charge in [-0.15, -0.1) is 0 Å². The van der Waals surface area contributed by atoms with Gasteiger partial charge in [0.1, 0.15) is 0 Å². The van der Waals surface area contributed by atoms with Crippen molar-refractivity contribution in [3.63, 3.8) is 0 Å². The molecular weight excluding hydrogens is 264 g/mol. The van der Waals surface area contributed by atoms with Crippen molar-refractivity contribution in [2.24, 2.45) is 23.7 Å². The molecule has 0 aromatic rings. The Bertz CT molecular complexity index is 522. The lowest BCUT2D eigenvalue weighted by Crippen LogP contribution is -2.43. The average molecular weight is 280 g/mol. The second kappa shape index (κ2) is 3.11. The smallest absolute Gasteiger partial charge is 0.307 e. The first-order chi connectivity index (χ1) is 9.43. The fourth-order valence-electron chi connectivity index (χ4n) is 5.06. The number of ether oxygens (including phenoxy) is 5. The van der Waals surface area contributed by atoms with E-state index in [9.17, 15) is 4.79 Å². The highest BCUT2D eigenvalue weighted by molar-refractivity contribution is 5.66. The lowest BCUT2D eigenvalue weighted by atomic mass is 9.83. The molecule has 0 amide bonds. The predicted octanol–water partition coefficient (Wildman–Crippen LogP) is 1.12. The summed E-state index contributed by atoms with van der Waals surface area (Å²) in [6, 6.07) is 0. The molecule has 0 aromatic heterocycles. The number of hydrogen-bond donors (Lipinski definition) is 0. The second-order valence-electron chi connectivity index (χ2n) is 6.57. The van der Waals surface area contributed by atoms with Crippen LogP contribution in [0, 0.1) is 23.7 Å². The minimum Gasteiger partial charge on any atom is -0.435 e. The molecule has 0 N–H and O–H groups in total. The highest BCUT2D eigenvalue weighted by Gasteiger charge is 2.81. The van der Waals surface area contributed by atoms with Gasteiger partial charge in [-0.3, -0.25) is 4.79 Å². The molecule has 20 heavy (non-hydrogen) atoms. The summed E-state index contributed by atoms with van der Waals surface area (Å²) in [5, 5.41) is 0. The normalized spacial score (nSPS) is 62.6. The highest BCUT2D eigenvalue weighted by atomic mass is 16.9. The third-order valence-electron chi connectivity index (χ3n) is 5.46. The summed E-state index contributed by atoms with van der Waals surface area (Å²) in [4.78, 5) is 11.1. The van der Waals surface area contributed by atoms with E-state index in [0.717, 1.165) is 5.57 Å². The zero-order chi connectivity index (χ0) is 13.9. The summed E-state index contributed by atoms with van der Waals surface area (Å²) < 4.78 is 29.1. The van der Waals surface area contributed by atoms with Gasteiger partial charge >= 0.3 is 5.97 Å². The molecule has 4 heterocycles. The molecule has 8 atom stereocenters. The molecule has 4 aliphatic heterocycles. The summed E-state index contributed by atoms with van der Waals surface area (Å²) in [7, 11) is 0. The first-order valence-electron chi connectivity index (χ1n) is 7.01. The van der Waals surface area contributed by atoms with Crippen LogP contribution in [0.3, 0.4) is 0 Å². The van der Waals surface area contributed by atoms with Crippen molar-refractivity contribution in [2.75, 3.05) is 0 Å². The summed E-state index contributed by atoms with van der Waals surface area (Å²) in [6.07, 6.45) is 0.841. The predicted molar refractivity (Wildman–Crippen MR) is 62.5 cm³/mol. The van der Waals surface area contributed by atoms with E-state index in [1.54, 1.807) is 6.26 Å². The summed E-state index contributed by atoms with van der Waals surface area (Å²) in [5.41, 5.74) is 1.08. The van der Waals surface area contributed by atoms with Gasteiger partial charge in [0.25, 0.3) is 0 Å². The quantitative estimate of drug-likeness (QED) is 0.530. The molecule has 0 aromatic carbocycles. The molecule has 1 aliphatic carbocycles. The molecule has 5 fully saturated rings. The molecule has 0 spiro atoms. The monoisotopic (exact) mass is 280 g/mol. The summed E-state index contributed by atoms with van der Waals surface area (Å²) in [6.45, 7) is 5.30. The van der Waals surface area contributed by atoms with E-state index < -0.39 is 11.6 Å². The molecule has 5 rings (SSSR count). The molecule has 6 heteroatoms. The van der Waals surface area contributed by atoms with Crippen molar-refractivity contribution in [1.82, 2.24) is 0 Å². The Morgan fingerprint density at radius 2 is 1.70 bits per heavy atom. The van der Waals surface area contributed by atoms with Crippen LogP contribution in [0.25, 0.3) is 0 Å². The summed E-state index contributed by atoms with van der Waals surface area (Å²) >= 11 is 0. The van der Waals surface area contributed by atoms with Crippen LogP contribution in [-0.4, -0.2) is 30.1 Å². The molecule has 0 radical (unpaired) electrons. The van der Waals surface area contributed by atoms with Crippen LogP contribution in [0.4, 0.5) is 0 Å². The first-order valence-corrected chi connectivity index (χ1v) is 7.01. The van der Waals surface area contributed by atoms with Crippen molar-refractivity contribution in [1.29, 1.82) is 0 Å². The Morgan fingerprint density at radius 3 is 2.20 bits per heavy atom. The van der Waals surface area contributed by atoms with Crippen LogP contribution in [0.5, 0.6) is 0 Å². The van der Waals surface area contributed by atoms with Gasteiger partial charge in [0.15, 0.2) is 24.2 Å². The van der Waals surface area contributed by atoms with Gasteiger partial charge in [-0.1, -0.05) is 0 Å². The van der Waals surface area contributed by atoms with Gasteiger partial charge in [0.05, 0.1) is 6.26 Å². The van der Waals surface area contributed by atoms with Gasteiger partial charge < -0.3 is 23.7 Å². The SMILES string of the molecule is CC(=O)OC=C1[C@@H]2[C@@H]3O[C@H]4O[C@@]5(C)O[C@@](C)(O3)[C@H]2[C@H]5[C@@H]14. The standard InChI is InChI=1S/C14H16O6/c1-5(15)16-4-6-7-9-10-8(6)12-17-11(7)18-13(9,2)20-14(10,3)19-12/h4,7-12H,1-3H3/t7-,8+,9-,10-,11+,12-,13+,14-/m1/s1. The van der Waals surface area contributed by atoms with Crippen LogP contribution >= 0.6 is 0 Å². The zero-order valence-electron chi connectivity index (χ0n) is 11.5. The maximum atomic E-state index is 11.1.